The Bertz CT molecular complexity index is 569. The lowest BCUT2D eigenvalue weighted by Crippen LogP contribution is -2.49. The molecule has 0 radical (unpaired) electrons. The van der Waals surface area contributed by atoms with Gasteiger partial charge in [0.2, 0.25) is 0 Å². The fourth-order valence-corrected chi connectivity index (χ4v) is 3.39. The molecule has 4 rings (SSSR count). The second-order valence-electron chi connectivity index (χ2n) is 6.60. The van der Waals surface area contributed by atoms with Crippen LogP contribution in [0.15, 0.2) is 12.4 Å². The maximum atomic E-state index is 12.6. The van der Waals surface area contributed by atoms with Crippen LogP contribution in [0.3, 0.4) is 0 Å². The molecule has 0 bridgehead atoms. The first-order chi connectivity index (χ1) is 11.2. The lowest BCUT2D eigenvalue weighted by Gasteiger charge is -2.33. The van der Waals surface area contributed by atoms with Gasteiger partial charge >= 0.3 is 0 Å². The quantitative estimate of drug-likeness (QED) is 0.836. The largest absolute Gasteiger partial charge is 0.390 e. The third kappa shape index (κ3) is 3.08. The summed E-state index contributed by atoms with van der Waals surface area (Å²) >= 11 is 0. The molecule has 2 atom stereocenters. The minimum atomic E-state index is -0.510. The van der Waals surface area contributed by atoms with Crippen molar-refractivity contribution >= 4 is 5.91 Å². The highest BCUT2D eigenvalue weighted by Crippen LogP contribution is 2.37. The van der Waals surface area contributed by atoms with E-state index >= 15 is 0 Å². The molecular formula is C16H22N4O3. The normalized spacial score (nSPS) is 29.0. The minimum Gasteiger partial charge on any atom is -0.390 e. The van der Waals surface area contributed by atoms with Crippen LogP contribution in [0.25, 0.3) is 0 Å². The molecule has 124 valence electrons. The molecule has 23 heavy (non-hydrogen) atoms. The maximum Gasteiger partial charge on any atom is 0.257 e. The summed E-state index contributed by atoms with van der Waals surface area (Å²) in [6, 6.07) is -0.00509. The van der Waals surface area contributed by atoms with Crippen molar-refractivity contribution in [1.29, 1.82) is 0 Å². The molecule has 0 unspecified atom stereocenters. The number of aliphatic hydroxyl groups is 1. The van der Waals surface area contributed by atoms with Crippen molar-refractivity contribution in [3.05, 3.63) is 23.8 Å². The molecule has 2 saturated heterocycles. The topological polar surface area (TPSA) is 78.8 Å². The van der Waals surface area contributed by atoms with E-state index in [2.05, 4.69) is 14.9 Å². The van der Waals surface area contributed by atoms with E-state index in [0.717, 1.165) is 31.8 Å². The summed E-state index contributed by atoms with van der Waals surface area (Å²) < 4.78 is 5.35. The number of carbonyl (C=O) groups is 1. The van der Waals surface area contributed by atoms with Crippen LogP contribution in [0.4, 0.5) is 0 Å². The van der Waals surface area contributed by atoms with Gasteiger partial charge in [-0.2, -0.15) is 0 Å². The summed E-state index contributed by atoms with van der Waals surface area (Å²) in [6.07, 6.45) is 5.03. The van der Waals surface area contributed by atoms with E-state index in [4.69, 9.17) is 4.74 Å². The van der Waals surface area contributed by atoms with Crippen LogP contribution in [-0.2, 0) is 4.74 Å². The van der Waals surface area contributed by atoms with Crippen molar-refractivity contribution in [2.75, 3.05) is 39.4 Å². The molecule has 1 N–H and O–H groups in total. The van der Waals surface area contributed by atoms with Crippen LogP contribution >= 0.6 is 0 Å². The SMILES string of the molecule is O=C(c1cnc(C2CC2)nc1)N1C[C@@H](O)[C@H](N2CCOCC2)C1. The van der Waals surface area contributed by atoms with Gasteiger partial charge in [-0.05, 0) is 12.8 Å². The van der Waals surface area contributed by atoms with Gasteiger partial charge in [0.1, 0.15) is 5.82 Å². The number of aromatic nitrogens is 2. The number of aliphatic hydroxyl groups excluding tert-OH is 1. The molecule has 3 aliphatic rings. The summed E-state index contributed by atoms with van der Waals surface area (Å²) in [6.45, 7) is 3.91. The molecule has 3 fully saturated rings. The Morgan fingerprint density at radius 2 is 1.87 bits per heavy atom. The zero-order valence-electron chi connectivity index (χ0n) is 13.1. The van der Waals surface area contributed by atoms with Crippen LogP contribution in [0.1, 0.15) is 34.9 Å². The number of amides is 1. The van der Waals surface area contributed by atoms with Gasteiger partial charge in [0, 0.05) is 44.5 Å². The second kappa shape index (κ2) is 6.14. The number of carbonyl (C=O) groups excluding carboxylic acids is 1. The summed E-state index contributed by atoms with van der Waals surface area (Å²) in [7, 11) is 0. The zero-order chi connectivity index (χ0) is 15.8. The number of likely N-dealkylation sites (tertiary alicyclic amines) is 1. The lowest BCUT2D eigenvalue weighted by atomic mass is 10.1. The van der Waals surface area contributed by atoms with Gasteiger partial charge in [0.05, 0.1) is 30.9 Å². The summed E-state index contributed by atoms with van der Waals surface area (Å²) in [5, 5.41) is 10.3. The predicted molar refractivity (Wildman–Crippen MR) is 82.1 cm³/mol. The number of morpholine rings is 1. The van der Waals surface area contributed by atoms with Crippen molar-refractivity contribution in [1.82, 2.24) is 19.8 Å². The first-order valence-electron chi connectivity index (χ1n) is 8.33. The molecule has 3 heterocycles. The maximum absolute atomic E-state index is 12.6. The van der Waals surface area contributed by atoms with E-state index in [1.807, 2.05) is 0 Å². The molecular weight excluding hydrogens is 296 g/mol. The van der Waals surface area contributed by atoms with E-state index in [9.17, 15) is 9.90 Å². The van der Waals surface area contributed by atoms with Gasteiger partial charge in [-0.1, -0.05) is 0 Å². The fraction of sp³-hybridized carbons (Fsp3) is 0.688. The molecule has 2 aliphatic heterocycles. The monoisotopic (exact) mass is 318 g/mol. The van der Waals surface area contributed by atoms with Crippen molar-refractivity contribution < 1.29 is 14.6 Å². The number of β-amino-alcohol motifs (C(OH)–C–C–N with tert-alkyl or cyclic N) is 1. The number of ether oxygens (including phenoxy) is 1. The van der Waals surface area contributed by atoms with E-state index in [1.54, 1.807) is 17.3 Å². The Balaban J connectivity index is 1.42. The second-order valence-corrected chi connectivity index (χ2v) is 6.60. The van der Waals surface area contributed by atoms with Crippen LogP contribution in [-0.4, -0.2) is 82.3 Å². The van der Waals surface area contributed by atoms with Crippen LogP contribution in [0, 0.1) is 0 Å². The number of rotatable bonds is 3. The smallest absolute Gasteiger partial charge is 0.257 e. The van der Waals surface area contributed by atoms with Crippen molar-refractivity contribution in [2.45, 2.75) is 30.9 Å². The molecule has 1 aromatic heterocycles. The molecule has 1 amide bonds. The summed E-state index contributed by atoms with van der Waals surface area (Å²) in [5.41, 5.74) is 0.504. The lowest BCUT2D eigenvalue weighted by molar-refractivity contribution is -0.00611. The van der Waals surface area contributed by atoms with E-state index in [1.165, 1.54) is 0 Å². The Kier molecular flexibility index (Phi) is 4.00. The minimum absolute atomic E-state index is 0.00509. The van der Waals surface area contributed by atoms with E-state index in [0.29, 0.717) is 37.8 Å². The van der Waals surface area contributed by atoms with Crippen LogP contribution < -0.4 is 0 Å². The van der Waals surface area contributed by atoms with E-state index < -0.39 is 6.10 Å². The van der Waals surface area contributed by atoms with Gasteiger partial charge in [0.25, 0.3) is 5.91 Å². The number of hydrogen-bond acceptors (Lipinski definition) is 6. The van der Waals surface area contributed by atoms with Gasteiger partial charge < -0.3 is 14.7 Å². The van der Waals surface area contributed by atoms with Gasteiger partial charge in [-0.15, -0.1) is 0 Å². The Morgan fingerprint density at radius 3 is 2.52 bits per heavy atom. The van der Waals surface area contributed by atoms with Crippen LogP contribution in [0.2, 0.25) is 0 Å². The van der Waals surface area contributed by atoms with Crippen molar-refractivity contribution in [3.8, 4) is 0 Å². The Morgan fingerprint density at radius 1 is 1.17 bits per heavy atom. The summed E-state index contributed by atoms with van der Waals surface area (Å²) in [5.74, 6) is 1.23. The average Bonchev–Trinajstić information content (AvgIpc) is 3.37. The molecule has 1 aromatic rings. The van der Waals surface area contributed by atoms with E-state index in [-0.39, 0.29) is 11.9 Å². The summed E-state index contributed by atoms with van der Waals surface area (Å²) in [4.78, 5) is 25.2. The van der Waals surface area contributed by atoms with Crippen LogP contribution in [0.5, 0.6) is 0 Å². The Hall–Kier alpha value is -1.57. The molecule has 1 saturated carbocycles. The number of hydrogen-bond donors (Lipinski definition) is 1. The average molecular weight is 318 g/mol. The third-order valence-electron chi connectivity index (χ3n) is 4.92. The molecule has 0 aromatic carbocycles. The highest BCUT2D eigenvalue weighted by Gasteiger charge is 2.38. The van der Waals surface area contributed by atoms with Crippen molar-refractivity contribution in [2.24, 2.45) is 0 Å². The molecule has 7 nitrogen and oxygen atoms in total. The predicted octanol–water partition coefficient (Wildman–Crippen LogP) is -0.128. The van der Waals surface area contributed by atoms with Gasteiger partial charge in [-0.3, -0.25) is 9.69 Å². The van der Waals surface area contributed by atoms with Gasteiger partial charge in [-0.25, -0.2) is 9.97 Å². The highest BCUT2D eigenvalue weighted by atomic mass is 16.5. The third-order valence-corrected chi connectivity index (χ3v) is 4.92. The fourth-order valence-electron chi connectivity index (χ4n) is 3.39. The molecule has 7 heteroatoms. The highest BCUT2D eigenvalue weighted by molar-refractivity contribution is 5.93. The standard InChI is InChI=1S/C16H22N4O3/c21-14-10-20(9-13(14)19-3-5-23-6-4-19)16(22)12-7-17-15(18-8-12)11-1-2-11/h7-8,11,13-14,21H,1-6,9-10H2/t13-,14-/m1/s1. The molecule has 1 aliphatic carbocycles. The van der Waals surface area contributed by atoms with Gasteiger partial charge in [0.15, 0.2) is 0 Å². The first kappa shape index (κ1) is 15.0. The Labute approximate surface area is 135 Å². The first-order valence-corrected chi connectivity index (χ1v) is 8.33. The number of nitrogens with zero attached hydrogens (tertiary/aromatic N) is 4. The molecule has 0 spiro atoms. The van der Waals surface area contributed by atoms with Crippen molar-refractivity contribution in [3.63, 3.8) is 0 Å². The zero-order valence-corrected chi connectivity index (χ0v) is 13.1.